The van der Waals surface area contributed by atoms with E-state index in [9.17, 15) is 23.9 Å². The molecule has 2 N–H and O–H groups in total. The van der Waals surface area contributed by atoms with E-state index in [4.69, 9.17) is 16.3 Å². The fourth-order valence-electron chi connectivity index (χ4n) is 3.37. The molecule has 1 aromatic rings. The number of carbonyl (C=O) groups is 3. The zero-order valence-corrected chi connectivity index (χ0v) is 18.0. The summed E-state index contributed by atoms with van der Waals surface area (Å²) in [6.45, 7) is 6.35. The van der Waals surface area contributed by atoms with Gasteiger partial charge in [-0.15, -0.1) is 0 Å². The standard InChI is InChI=1S/C21H23ClFNO6/c1-9(2)18(21(28)29-5)30-20(27)15-11(4)24-10(3)14(19(25)26)17(15)16-12(22)7-6-8-13(16)23/h6-9,17-18,24H,1-5H3,(H,25,26). The molecule has 162 valence electrons. The first-order valence-electron chi connectivity index (χ1n) is 9.15. The number of nitrogens with one attached hydrogen (secondary N) is 1. The summed E-state index contributed by atoms with van der Waals surface area (Å²) in [5, 5.41) is 12.6. The van der Waals surface area contributed by atoms with E-state index in [2.05, 4.69) is 10.1 Å². The van der Waals surface area contributed by atoms with Crippen molar-refractivity contribution in [2.75, 3.05) is 7.11 Å². The van der Waals surface area contributed by atoms with Crippen molar-refractivity contribution in [3.05, 3.63) is 57.1 Å². The molecule has 0 saturated carbocycles. The van der Waals surface area contributed by atoms with Crippen LogP contribution in [0.1, 0.15) is 39.2 Å². The van der Waals surface area contributed by atoms with E-state index >= 15 is 0 Å². The summed E-state index contributed by atoms with van der Waals surface area (Å²) in [5.74, 6) is -5.60. The molecule has 0 bridgehead atoms. The number of aliphatic carboxylic acids is 1. The first kappa shape index (κ1) is 23.4. The maximum Gasteiger partial charge on any atom is 0.347 e. The van der Waals surface area contributed by atoms with Gasteiger partial charge in [0.25, 0.3) is 0 Å². The van der Waals surface area contributed by atoms with Gasteiger partial charge in [-0.3, -0.25) is 0 Å². The second-order valence-corrected chi connectivity index (χ2v) is 7.58. The van der Waals surface area contributed by atoms with E-state index in [-0.39, 0.29) is 33.1 Å². The van der Waals surface area contributed by atoms with Crippen molar-refractivity contribution in [3.8, 4) is 0 Å². The molecule has 0 aliphatic carbocycles. The summed E-state index contributed by atoms with van der Waals surface area (Å²) in [5.41, 5.74) is -0.0745. The predicted molar refractivity (Wildman–Crippen MR) is 107 cm³/mol. The van der Waals surface area contributed by atoms with Crippen LogP contribution in [0.5, 0.6) is 0 Å². The number of rotatable bonds is 6. The number of dihydropyridines is 1. The molecule has 0 radical (unpaired) electrons. The normalized spacial score (nSPS) is 17.5. The van der Waals surface area contributed by atoms with Crippen LogP contribution in [-0.4, -0.2) is 36.2 Å². The van der Waals surface area contributed by atoms with Gasteiger partial charge < -0.3 is 19.9 Å². The van der Waals surface area contributed by atoms with Crippen LogP contribution < -0.4 is 5.32 Å². The molecule has 7 nitrogen and oxygen atoms in total. The van der Waals surface area contributed by atoms with E-state index in [0.717, 1.165) is 13.2 Å². The third-order valence-corrected chi connectivity index (χ3v) is 5.10. The quantitative estimate of drug-likeness (QED) is 0.653. The van der Waals surface area contributed by atoms with Gasteiger partial charge >= 0.3 is 17.9 Å². The Morgan fingerprint density at radius 2 is 1.77 bits per heavy atom. The third kappa shape index (κ3) is 4.48. The molecule has 30 heavy (non-hydrogen) atoms. The van der Waals surface area contributed by atoms with Gasteiger partial charge in [-0.25, -0.2) is 18.8 Å². The van der Waals surface area contributed by atoms with E-state index in [1.807, 2.05) is 0 Å². The molecule has 0 amide bonds. The number of carboxylic acids is 1. The highest BCUT2D eigenvalue weighted by Gasteiger charge is 2.41. The maximum absolute atomic E-state index is 14.8. The third-order valence-electron chi connectivity index (χ3n) is 4.77. The van der Waals surface area contributed by atoms with Gasteiger partial charge in [-0.1, -0.05) is 31.5 Å². The van der Waals surface area contributed by atoms with Crippen molar-refractivity contribution >= 4 is 29.5 Å². The number of ether oxygens (including phenoxy) is 2. The number of allylic oxidation sites excluding steroid dienone is 2. The van der Waals surface area contributed by atoms with Crippen LogP contribution in [0.2, 0.25) is 5.02 Å². The minimum absolute atomic E-state index is 0.0417. The van der Waals surface area contributed by atoms with Crippen LogP contribution >= 0.6 is 11.6 Å². The largest absolute Gasteiger partial charge is 0.478 e. The number of hydrogen-bond acceptors (Lipinski definition) is 6. The Morgan fingerprint density at radius 1 is 1.17 bits per heavy atom. The summed E-state index contributed by atoms with van der Waals surface area (Å²) in [6.07, 6.45) is -1.22. The van der Waals surface area contributed by atoms with Gasteiger partial charge in [-0.2, -0.15) is 0 Å². The molecule has 9 heteroatoms. The van der Waals surface area contributed by atoms with Crippen LogP contribution in [-0.2, 0) is 23.9 Å². The highest BCUT2D eigenvalue weighted by atomic mass is 35.5. The lowest BCUT2D eigenvalue weighted by molar-refractivity contribution is -0.166. The molecule has 0 aromatic heterocycles. The smallest absolute Gasteiger partial charge is 0.347 e. The van der Waals surface area contributed by atoms with Gasteiger partial charge in [0.1, 0.15) is 5.82 Å². The first-order chi connectivity index (χ1) is 14.0. The number of esters is 2. The first-order valence-corrected chi connectivity index (χ1v) is 9.53. The van der Waals surface area contributed by atoms with Crippen molar-refractivity contribution in [2.45, 2.75) is 39.7 Å². The Hall–Kier alpha value is -2.87. The Kier molecular flexibility index (Phi) is 7.25. The lowest BCUT2D eigenvalue weighted by atomic mass is 9.80. The minimum atomic E-state index is -1.35. The molecule has 0 saturated heterocycles. The van der Waals surface area contributed by atoms with Crippen molar-refractivity contribution in [1.82, 2.24) is 5.32 Å². The Morgan fingerprint density at radius 3 is 2.27 bits per heavy atom. The van der Waals surface area contributed by atoms with E-state index < -0.39 is 41.7 Å². The van der Waals surface area contributed by atoms with Gasteiger partial charge in [0.15, 0.2) is 0 Å². The van der Waals surface area contributed by atoms with Crippen LogP contribution in [0.15, 0.2) is 40.7 Å². The molecule has 1 aliphatic heterocycles. The number of methoxy groups -OCH3 is 1. The molecule has 2 rings (SSSR count). The van der Waals surface area contributed by atoms with E-state index in [0.29, 0.717) is 0 Å². The van der Waals surface area contributed by atoms with Crippen molar-refractivity contribution in [2.24, 2.45) is 5.92 Å². The highest BCUT2D eigenvalue weighted by Crippen LogP contribution is 2.42. The van der Waals surface area contributed by atoms with E-state index in [1.54, 1.807) is 13.8 Å². The van der Waals surface area contributed by atoms with Crippen LogP contribution in [0, 0.1) is 11.7 Å². The van der Waals surface area contributed by atoms with Crippen LogP contribution in [0.3, 0.4) is 0 Å². The molecule has 2 unspecified atom stereocenters. The monoisotopic (exact) mass is 439 g/mol. The summed E-state index contributed by atoms with van der Waals surface area (Å²) < 4.78 is 24.8. The fraction of sp³-hybridized carbons (Fsp3) is 0.381. The van der Waals surface area contributed by atoms with E-state index in [1.165, 1.54) is 26.0 Å². The number of carbonyl (C=O) groups excluding carboxylic acids is 2. The summed E-state index contributed by atoms with van der Waals surface area (Å²) >= 11 is 6.20. The average Bonchev–Trinajstić information content (AvgIpc) is 2.64. The SMILES string of the molecule is COC(=O)C(OC(=O)C1=C(C)NC(C)=C(C(=O)O)C1c1c(F)cccc1Cl)C(C)C. The summed E-state index contributed by atoms with van der Waals surface area (Å²) in [6, 6.07) is 3.90. The summed E-state index contributed by atoms with van der Waals surface area (Å²) in [7, 11) is 1.16. The minimum Gasteiger partial charge on any atom is -0.478 e. The Balaban J connectivity index is 2.65. The number of halogens is 2. The Labute approximate surface area is 178 Å². The zero-order chi connectivity index (χ0) is 22.7. The zero-order valence-electron chi connectivity index (χ0n) is 17.2. The fourth-order valence-corrected chi connectivity index (χ4v) is 3.65. The molecule has 1 aliphatic rings. The predicted octanol–water partition coefficient (Wildman–Crippen LogP) is 3.54. The van der Waals surface area contributed by atoms with Gasteiger partial charge in [0, 0.05) is 27.9 Å². The van der Waals surface area contributed by atoms with Gasteiger partial charge in [0.05, 0.1) is 24.2 Å². The number of hydrogen-bond donors (Lipinski definition) is 2. The van der Waals surface area contributed by atoms with Gasteiger partial charge in [0.2, 0.25) is 6.10 Å². The van der Waals surface area contributed by atoms with Crippen molar-refractivity contribution in [1.29, 1.82) is 0 Å². The lowest BCUT2D eigenvalue weighted by Crippen LogP contribution is -2.37. The van der Waals surface area contributed by atoms with Crippen molar-refractivity contribution < 1.29 is 33.4 Å². The van der Waals surface area contributed by atoms with Crippen LogP contribution in [0.4, 0.5) is 4.39 Å². The number of benzene rings is 1. The molecule has 2 atom stereocenters. The maximum atomic E-state index is 14.8. The molecular weight excluding hydrogens is 417 g/mol. The van der Waals surface area contributed by atoms with Crippen LogP contribution in [0.25, 0.3) is 0 Å². The average molecular weight is 440 g/mol. The molecular formula is C21H23ClFNO6. The molecule has 0 fully saturated rings. The highest BCUT2D eigenvalue weighted by molar-refractivity contribution is 6.31. The lowest BCUT2D eigenvalue weighted by Gasteiger charge is -2.31. The second kappa shape index (κ2) is 9.30. The Bertz CT molecular complexity index is 933. The second-order valence-electron chi connectivity index (χ2n) is 7.17. The molecule has 1 aromatic carbocycles. The summed E-state index contributed by atoms with van der Waals surface area (Å²) in [4.78, 5) is 37.2. The number of carboxylic acid groups (broad SMARTS) is 1. The molecule has 1 heterocycles. The molecule has 0 spiro atoms. The van der Waals surface area contributed by atoms with Gasteiger partial charge in [-0.05, 0) is 26.0 Å². The van der Waals surface area contributed by atoms with Crippen molar-refractivity contribution in [3.63, 3.8) is 0 Å². The topological polar surface area (TPSA) is 102 Å².